The Morgan fingerprint density at radius 3 is 2.68 bits per heavy atom. The van der Waals surface area contributed by atoms with Crippen molar-refractivity contribution in [3.05, 3.63) is 62.9 Å². The molecule has 0 aliphatic carbocycles. The monoisotopic (exact) mass is 341 g/mol. The lowest BCUT2D eigenvalue weighted by Gasteiger charge is -2.09. The number of halogens is 1. The molecule has 0 aliphatic rings. The van der Waals surface area contributed by atoms with E-state index in [4.69, 9.17) is 11.6 Å². The second kappa shape index (κ2) is 6.39. The molecule has 0 saturated heterocycles. The van der Waals surface area contributed by atoms with Crippen molar-refractivity contribution in [1.82, 2.24) is 9.71 Å². The first kappa shape index (κ1) is 16.3. The quantitative estimate of drug-likeness (QED) is 0.664. The first-order valence-electron chi connectivity index (χ1n) is 6.15. The Morgan fingerprint density at radius 2 is 2.05 bits per heavy atom. The molecule has 1 aromatic carbocycles. The molecule has 7 nitrogen and oxygen atoms in total. The van der Waals surface area contributed by atoms with E-state index in [0.29, 0.717) is 16.3 Å². The zero-order chi connectivity index (χ0) is 16.3. The van der Waals surface area contributed by atoms with E-state index in [1.807, 2.05) is 0 Å². The molecule has 0 radical (unpaired) electrons. The summed E-state index contributed by atoms with van der Waals surface area (Å²) in [4.78, 5) is 14.0. The van der Waals surface area contributed by atoms with E-state index in [0.717, 1.165) is 6.07 Å². The Hall–Kier alpha value is -2.03. The number of pyridine rings is 1. The van der Waals surface area contributed by atoms with Crippen LogP contribution in [0.1, 0.15) is 11.3 Å². The van der Waals surface area contributed by atoms with E-state index in [1.54, 1.807) is 13.0 Å². The summed E-state index contributed by atoms with van der Waals surface area (Å²) in [5.41, 5.74) is 0.572. The van der Waals surface area contributed by atoms with E-state index in [9.17, 15) is 18.5 Å². The first-order valence-corrected chi connectivity index (χ1v) is 8.01. The number of benzene rings is 1. The van der Waals surface area contributed by atoms with Crippen LogP contribution in [0, 0.1) is 17.0 Å². The van der Waals surface area contributed by atoms with E-state index in [2.05, 4.69) is 9.71 Å². The highest BCUT2D eigenvalue weighted by Gasteiger charge is 2.20. The highest BCUT2D eigenvalue weighted by molar-refractivity contribution is 7.89. The van der Waals surface area contributed by atoms with Crippen molar-refractivity contribution in [2.24, 2.45) is 0 Å². The smallest absolute Gasteiger partial charge is 0.260 e. The molecule has 0 atom stereocenters. The van der Waals surface area contributed by atoms with Gasteiger partial charge < -0.3 is 0 Å². The van der Waals surface area contributed by atoms with Crippen molar-refractivity contribution in [1.29, 1.82) is 0 Å². The summed E-state index contributed by atoms with van der Waals surface area (Å²) >= 11 is 5.80. The van der Waals surface area contributed by atoms with Gasteiger partial charge in [-0.1, -0.05) is 17.7 Å². The number of aromatic nitrogens is 1. The average Bonchev–Trinajstić information content (AvgIpc) is 2.45. The standard InChI is InChI=1S/C13H12ClN3O4S/c1-9-2-3-12(17(18)19)7-13(9)22(20,21)16-8-11-6-10(14)4-5-15-11/h2-7,16H,8H2,1H3. The normalized spacial score (nSPS) is 11.4. The second-order valence-corrected chi connectivity index (χ2v) is 6.67. The van der Waals surface area contributed by atoms with Crippen molar-refractivity contribution in [2.75, 3.05) is 0 Å². The fourth-order valence-corrected chi connectivity index (χ4v) is 3.23. The lowest BCUT2D eigenvalue weighted by atomic mass is 10.2. The predicted octanol–water partition coefficient (Wildman–Crippen LogP) is 2.43. The maximum absolute atomic E-state index is 12.3. The molecule has 0 aliphatic heterocycles. The van der Waals surface area contributed by atoms with Crippen molar-refractivity contribution < 1.29 is 13.3 Å². The third-order valence-electron chi connectivity index (χ3n) is 2.89. The minimum atomic E-state index is -3.90. The number of nitro groups is 1. The van der Waals surface area contributed by atoms with Gasteiger partial charge in [-0.05, 0) is 24.6 Å². The molecule has 2 aromatic rings. The van der Waals surface area contributed by atoms with Crippen LogP contribution in [0.2, 0.25) is 5.02 Å². The minimum Gasteiger partial charge on any atom is -0.260 e. The summed E-state index contributed by atoms with van der Waals surface area (Å²) in [6.07, 6.45) is 1.46. The largest absolute Gasteiger partial charge is 0.270 e. The molecule has 2 rings (SSSR count). The molecule has 0 fully saturated rings. The molecule has 0 unspecified atom stereocenters. The molecule has 0 amide bonds. The molecular weight excluding hydrogens is 330 g/mol. The van der Waals surface area contributed by atoms with E-state index in [1.165, 1.54) is 24.4 Å². The summed E-state index contributed by atoms with van der Waals surface area (Å²) in [6.45, 7) is 1.50. The zero-order valence-electron chi connectivity index (χ0n) is 11.5. The number of nitro benzene ring substituents is 1. The zero-order valence-corrected chi connectivity index (χ0v) is 13.1. The molecule has 1 N–H and O–H groups in total. The molecule has 9 heteroatoms. The lowest BCUT2D eigenvalue weighted by Crippen LogP contribution is -2.24. The Bertz CT molecular complexity index is 824. The molecular formula is C13H12ClN3O4S. The molecule has 0 saturated carbocycles. The summed E-state index contributed by atoms with van der Waals surface area (Å²) in [6, 6.07) is 6.79. The lowest BCUT2D eigenvalue weighted by molar-refractivity contribution is -0.385. The van der Waals surface area contributed by atoms with Crippen molar-refractivity contribution in [3.8, 4) is 0 Å². The van der Waals surface area contributed by atoms with Gasteiger partial charge in [0.1, 0.15) is 0 Å². The minimum absolute atomic E-state index is 0.0645. The van der Waals surface area contributed by atoms with Gasteiger partial charge in [0.2, 0.25) is 10.0 Å². The summed E-state index contributed by atoms with van der Waals surface area (Å²) in [7, 11) is -3.90. The van der Waals surface area contributed by atoms with Crippen LogP contribution >= 0.6 is 11.6 Å². The summed E-state index contributed by atoms with van der Waals surface area (Å²) in [5, 5.41) is 11.2. The van der Waals surface area contributed by atoms with Crippen LogP contribution in [-0.4, -0.2) is 18.3 Å². The number of nitrogens with one attached hydrogen (secondary N) is 1. The molecule has 22 heavy (non-hydrogen) atoms. The molecule has 1 heterocycles. The Balaban J connectivity index is 2.27. The maximum atomic E-state index is 12.3. The number of hydrogen-bond acceptors (Lipinski definition) is 5. The number of rotatable bonds is 5. The van der Waals surface area contributed by atoms with Crippen LogP contribution in [0.15, 0.2) is 41.4 Å². The van der Waals surface area contributed by atoms with Gasteiger partial charge >= 0.3 is 0 Å². The number of aryl methyl sites for hydroxylation is 1. The van der Waals surface area contributed by atoms with Gasteiger partial charge in [-0.2, -0.15) is 0 Å². The highest BCUT2D eigenvalue weighted by Crippen LogP contribution is 2.21. The van der Waals surface area contributed by atoms with Gasteiger partial charge in [-0.15, -0.1) is 0 Å². The number of nitrogens with zero attached hydrogens (tertiary/aromatic N) is 2. The second-order valence-electron chi connectivity index (χ2n) is 4.50. The first-order chi connectivity index (χ1) is 10.3. The van der Waals surface area contributed by atoms with Gasteiger partial charge in [0, 0.05) is 23.4 Å². The fraction of sp³-hybridized carbons (Fsp3) is 0.154. The Morgan fingerprint density at radius 1 is 1.32 bits per heavy atom. The Kier molecular flexibility index (Phi) is 4.74. The van der Waals surface area contributed by atoms with Crippen LogP contribution in [0.3, 0.4) is 0 Å². The van der Waals surface area contributed by atoms with Gasteiger partial charge in [0.25, 0.3) is 5.69 Å². The highest BCUT2D eigenvalue weighted by atomic mass is 35.5. The topological polar surface area (TPSA) is 102 Å². The van der Waals surface area contributed by atoms with Crippen molar-refractivity contribution in [2.45, 2.75) is 18.4 Å². The van der Waals surface area contributed by atoms with Crippen LogP contribution < -0.4 is 4.72 Å². The molecule has 116 valence electrons. The third-order valence-corrected chi connectivity index (χ3v) is 4.67. The molecule has 1 aromatic heterocycles. The van der Waals surface area contributed by atoms with Crippen molar-refractivity contribution >= 4 is 27.3 Å². The van der Waals surface area contributed by atoms with Crippen molar-refractivity contribution in [3.63, 3.8) is 0 Å². The summed E-state index contributed by atoms with van der Waals surface area (Å²) in [5.74, 6) is 0. The van der Waals surface area contributed by atoms with Crippen LogP contribution in [0.4, 0.5) is 5.69 Å². The van der Waals surface area contributed by atoms with Gasteiger partial charge in [-0.25, -0.2) is 13.1 Å². The maximum Gasteiger partial charge on any atom is 0.270 e. The van der Waals surface area contributed by atoms with E-state index < -0.39 is 14.9 Å². The molecule has 0 bridgehead atoms. The van der Waals surface area contributed by atoms with Gasteiger partial charge in [0.05, 0.1) is 22.1 Å². The number of sulfonamides is 1. The number of non-ortho nitro benzene ring substituents is 1. The average molecular weight is 342 g/mol. The van der Waals surface area contributed by atoms with E-state index >= 15 is 0 Å². The SMILES string of the molecule is Cc1ccc([N+](=O)[O-])cc1S(=O)(=O)NCc1cc(Cl)ccn1. The third kappa shape index (κ3) is 3.79. The van der Waals surface area contributed by atoms with Crippen LogP contribution in [0.5, 0.6) is 0 Å². The summed E-state index contributed by atoms with van der Waals surface area (Å²) < 4.78 is 26.9. The fourth-order valence-electron chi connectivity index (χ4n) is 1.78. The predicted molar refractivity (Wildman–Crippen MR) is 81.1 cm³/mol. The van der Waals surface area contributed by atoms with Gasteiger partial charge in [-0.3, -0.25) is 15.1 Å². The number of hydrogen-bond donors (Lipinski definition) is 1. The Labute approximate surface area is 132 Å². The van der Waals surface area contributed by atoms with E-state index in [-0.39, 0.29) is 17.1 Å². The van der Waals surface area contributed by atoms with Crippen LogP contribution in [-0.2, 0) is 16.6 Å². The van der Waals surface area contributed by atoms with Gasteiger partial charge in [0.15, 0.2) is 0 Å². The van der Waals surface area contributed by atoms with Crippen LogP contribution in [0.25, 0.3) is 0 Å². The molecule has 0 spiro atoms.